The Morgan fingerprint density at radius 1 is 1.13 bits per heavy atom. The average Bonchev–Trinajstić information content (AvgIpc) is 2.11. The zero-order chi connectivity index (χ0) is 11.8. The summed E-state index contributed by atoms with van der Waals surface area (Å²) in [5, 5.41) is 0. The number of carbonyl (C=O) groups is 2. The highest BCUT2D eigenvalue weighted by Crippen LogP contribution is 1.96. The van der Waals surface area contributed by atoms with Gasteiger partial charge < -0.3 is 20.9 Å². The Bertz CT molecular complexity index is 202. The summed E-state index contributed by atoms with van der Waals surface area (Å²) in [6.07, 6.45) is -0.524. The molecule has 0 aromatic rings. The molecule has 0 aliphatic rings. The summed E-state index contributed by atoms with van der Waals surface area (Å²) in [5.41, 5.74) is 10.0. The van der Waals surface area contributed by atoms with Gasteiger partial charge in [-0.05, 0) is 0 Å². The number of ether oxygens (including phenoxy) is 2. The lowest BCUT2D eigenvalue weighted by atomic mass is 10.4. The van der Waals surface area contributed by atoms with Crippen LogP contribution in [0.5, 0.6) is 0 Å². The number of carbonyl (C=O) groups excluding carboxylic acids is 2. The fraction of sp³-hybridized carbons (Fsp3) is 0.750. The lowest BCUT2D eigenvalue weighted by Gasteiger charge is -2.23. The first-order chi connectivity index (χ1) is 6.99. The SMILES string of the molecule is COC(CN(CC(N)=O)CC(N)=O)OC. The zero-order valence-electron chi connectivity index (χ0n) is 8.93. The maximum atomic E-state index is 10.7. The van der Waals surface area contributed by atoms with Crippen LogP contribution in [0.15, 0.2) is 0 Å². The minimum atomic E-state index is -0.540. The van der Waals surface area contributed by atoms with Crippen molar-refractivity contribution in [2.24, 2.45) is 11.5 Å². The van der Waals surface area contributed by atoms with Crippen LogP contribution in [-0.2, 0) is 19.1 Å². The molecular formula is C8H17N3O4. The van der Waals surface area contributed by atoms with Crippen molar-refractivity contribution in [2.45, 2.75) is 6.29 Å². The van der Waals surface area contributed by atoms with Gasteiger partial charge >= 0.3 is 0 Å². The number of amides is 2. The van der Waals surface area contributed by atoms with Crippen LogP contribution in [0.2, 0.25) is 0 Å². The molecule has 7 nitrogen and oxygen atoms in total. The Balaban J connectivity index is 4.21. The average molecular weight is 219 g/mol. The van der Waals surface area contributed by atoms with Gasteiger partial charge in [0.05, 0.1) is 19.6 Å². The summed E-state index contributed by atoms with van der Waals surface area (Å²) >= 11 is 0. The topological polar surface area (TPSA) is 108 Å². The van der Waals surface area contributed by atoms with Crippen LogP contribution in [0, 0.1) is 0 Å². The summed E-state index contributed by atoms with van der Waals surface area (Å²) in [5.74, 6) is -1.08. The van der Waals surface area contributed by atoms with E-state index in [0.29, 0.717) is 0 Å². The van der Waals surface area contributed by atoms with Crippen LogP contribution >= 0.6 is 0 Å². The minimum absolute atomic E-state index is 0.0633. The van der Waals surface area contributed by atoms with E-state index >= 15 is 0 Å². The highest BCUT2D eigenvalue weighted by atomic mass is 16.7. The predicted octanol–water partition coefficient (Wildman–Crippen LogP) is -2.12. The van der Waals surface area contributed by atoms with Crippen molar-refractivity contribution in [2.75, 3.05) is 33.9 Å². The number of hydrogen-bond acceptors (Lipinski definition) is 5. The lowest BCUT2D eigenvalue weighted by molar-refractivity contribution is -0.131. The third-order valence-corrected chi connectivity index (χ3v) is 1.69. The molecule has 0 spiro atoms. The van der Waals surface area contributed by atoms with Gasteiger partial charge in [0, 0.05) is 14.2 Å². The molecule has 0 heterocycles. The highest BCUT2D eigenvalue weighted by molar-refractivity contribution is 5.79. The Labute approximate surface area is 88.3 Å². The Morgan fingerprint density at radius 3 is 1.80 bits per heavy atom. The van der Waals surface area contributed by atoms with E-state index in [4.69, 9.17) is 20.9 Å². The second kappa shape index (κ2) is 7.16. The molecule has 0 fully saturated rings. The molecule has 2 amide bonds. The molecule has 0 atom stereocenters. The molecule has 4 N–H and O–H groups in total. The van der Waals surface area contributed by atoms with E-state index in [1.807, 2.05) is 0 Å². The van der Waals surface area contributed by atoms with Gasteiger partial charge in [-0.3, -0.25) is 14.5 Å². The number of methoxy groups -OCH3 is 2. The molecule has 0 saturated heterocycles. The number of nitrogens with zero attached hydrogens (tertiary/aromatic N) is 1. The number of rotatable bonds is 8. The molecule has 0 unspecified atom stereocenters. The molecule has 0 aromatic carbocycles. The van der Waals surface area contributed by atoms with Crippen LogP contribution in [0.25, 0.3) is 0 Å². The predicted molar refractivity (Wildman–Crippen MR) is 52.6 cm³/mol. The summed E-state index contributed by atoms with van der Waals surface area (Å²) in [6, 6.07) is 0. The Kier molecular flexibility index (Phi) is 6.59. The standard InChI is InChI=1S/C8H17N3O4/c1-14-8(15-2)5-11(3-6(9)12)4-7(10)13/h8H,3-5H2,1-2H3,(H2,9,12)(H2,10,13). The van der Waals surface area contributed by atoms with Crippen LogP contribution in [-0.4, -0.2) is 56.9 Å². The maximum absolute atomic E-state index is 10.7. The second-order valence-corrected chi connectivity index (χ2v) is 3.00. The van der Waals surface area contributed by atoms with E-state index in [2.05, 4.69) is 0 Å². The van der Waals surface area contributed by atoms with Gasteiger partial charge in [0.15, 0.2) is 6.29 Å². The van der Waals surface area contributed by atoms with Crippen molar-refractivity contribution >= 4 is 11.8 Å². The van der Waals surface area contributed by atoms with Gasteiger partial charge in [-0.1, -0.05) is 0 Å². The third kappa shape index (κ3) is 6.83. The van der Waals surface area contributed by atoms with E-state index < -0.39 is 18.1 Å². The first-order valence-corrected chi connectivity index (χ1v) is 4.34. The van der Waals surface area contributed by atoms with E-state index in [9.17, 15) is 9.59 Å². The fourth-order valence-electron chi connectivity index (χ4n) is 1.08. The van der Waals surface area contributed by atoms with E-state index in [-0.39, 0.29) is 19.6 Å². The molecule has 88 valence electrons. The van der Waals surface area contributed by atoms with Crippen molar-refractivity contribution in [1.82, 2.24) is 4.90 Å². The minimum Gasteiger partial charge on any atom is -0.369 e. The number of hydrogen-bond donors (Lipinski definition) is 2. The van der Waals surface area contributed by atoms with E-state index in [1.165, 1.54) is 19.1 Å². The van der Waals surface area contributed by atoms with Crippen LogP contribution < -0.4 is 11.5 Å². The zero-order valence-corrected chi connectivity index (χ0v) is 8.93. The van der Waals surface area contributed by atoms with Gasteiger partial charge in [-0.15, -0.1) is 0 Å². The molecule has 0 rings (SSSR count). The first kappa shape index (κ1) is 13.8. The summed E-state index contributed by atoms with van der Waals surface area (Å²) in [4.78, 5) is 22.9. The maximum Gasteiger partial charge on any atom is 0.231 e. The summed E-state index contributed by atoms with van der Waals surface area (Å²) < 4.78 is 9.85. The van der Waals surface area contributed by atoms with Gasteiger partial charge in [0.2, 0.25) is 11.8 Å². The number of primary amides is 2. The molecule has 0 aliphatic heterocycles. The van der Waals surface area contributed by atoms with Gasteiger partial charge in [-0.25, -0.2) is 0 Å². The molecule has 7 heteroatoms. The molecule has 0 radical (unpaired) electrons. The van der Waals surface area contributed by atoms with Crippen LogP contribution in [0.4, 0.5) is 0 Å². The fourth-order valence-corrected chi connectivity index (χ4v) is 1.08. The normalized spacial score (nSPS) is 10.9. The van der Waals surface area contributed by atoms with Crippen LogP contribution in [0.1, 0.15) is 0 Å². The molecule has 0 aromatic heterocycles. The largest absolute Gasteiger partial charge is 0.369 e. The summed E-state index contributed by atoms with van der Waals surface area (Å²) in [7, 11) is 2.92. The summed E-state index contributed by atoms with van der Waals surface area (Å²) in [6.45, 7) is 0.122. The smallest absolute Gasteiger partial charge is 0.231 e. The molecular weight excluding hydrogens is 202 g/mol. The Morgan fingerprint density at radius 2 is 1.53 bits per heavy atom. The van der Waals surface area contributed by atoms with E-state index in [1.54, 1.807) is 0 Å². The first-order valence-electron chi connectivity index (χ1n) is 4.34. The van der Waals surface area contributed by atoms with Crippen molar-refractivity contribution < 1.29 is 19.1 Å². The molecule has 0 aliphatic carbocycles. The van der Waals surface area contributed by atoms with Gasteiger partial charge in [0.1, 0.15) is 0 Å². The molecule has 0 saturated carbocycles. The van der Waals surface area contributed by atoms with Crippen molar-refractivity contribution in [3.05, 3.63) is 0 Å². The highest BCUT2D eigenvalue weighted by Gasteiger charge is 2.16. The van der Waals surface area contributed by atoms with Crippen molar-refractivity contribution in [3.63, 3.8) is 0 Å². The van der Waals surface area contributed by atoms with E-state index in [0.717, 1.165) is 0 Å². The second-order valence-electron chi connectivity index (χ2n) is 3.00. The van der Waals surface area contributed by atoms with Gasteiger partial charge in [-0.2, -0.15) is 0 Å². The van der Waals surface area contributed by atoms with Crippen molar-refractivity contribution in [1.29, 1.82) is 0 Å². The Hall–Kier alpha value is -1.18. The quantitative estimate of drug-likeness (QED) is 0.454. The molecule has 0 bridgehead atoms. The van der Waals surface area contributed by atoms with Gasteiger partial charge in [0.25, 0.3) is 0 Å². The monoisotopic (exact) mass is 219 g/mol. The third-order valence-electron chi connectivity index (χ3n) is 1.69. The lowest BCUT2D eigenvalue weighted by Crippen LogP contribution is -2.44. The number of nitrogens with two attached hydrogens (primary N) is 2. The van der Waals surface area contributed by atoms with Crippen molar-refractivity contribution in [3.8, 4) is 0 Å². The molecule has 15 heavy (non-hydrogen) atoms. The van der Waals surface area contributed by atoms with Crippen LogP contribution in [0.3, 0.4) is 0 Å².